The standard InChI is InChI=1S/C22H25N3O3.CH4O4S/c1-25(11-13-28-14-12-25)10-4-9-24-18-8-7-17(23)19-20(18)22(27)16-6-3-2-5-15(16)21(19)26;1-5-6(2,3)4/h2-3,5-8H,4,9-14H2,1H3,(H2-,23,24,26,27);1H3,(H,2,3,4). The number of fused-ring (bicyclic) bond motifs is 2. The summed E-state index contributed by atoms with van der Waals surface area (Å²) in [6.45, 7) is 5.45. The summed E-state index contributed by atoms with van der Waals surface area (Å²) in [7, 11) is -1.35. The molecule has 0 spiro atoms. The zero-order valence-corrected chi connectivity index (χ0v) is 20.0. The number of nitrogens with two attached hydrogens (primary N) is 1. The van der Waals surface area contributed by atoms with E-state index in [1.807, 2.05) is 0 Å². The van der Waals surface area contributed by atoms with Gasteiger partial charge >= 0.3 is 0 Å². The first kappa shape index (κ1) is 25.8. The van der Waals surface area contributed by atoms with Crippen molar-refractivity contribution in [1.82, 2.24) is 0 Å². The number of morpholine rings is 1. The van der Waals surface area contributed by atoms with E-state index in [1.165, 1.54) is 0 Å². The lowest BCUT2D eigenvalue weighted by atomic mass is 9.82. The number of ether oxygens (including phenoxy) is 1. The van der Waals surface area contributed by atoms with Crippen LogP contribution in [-0.4, -0.2) is 82.6 Å². The van der Waals surface area contributed by atoms with Gasteiger partial charge in [-0.25, -0.2) is 8.42 Å². The number of nitrogens with one attached hydrogen (secondary N) is 1. The predicted octanol–water partition coefficient (Wildman–Crippen LogP) is 1.42. The average Bonchev–Trinajstić information content (AvgIpc) is 2.81. The van der Waals surface area contributed by atoms with E-state index in [4.69, 9.17) is 10.5 Å². The summed E-state index contributed by atoms with van der Waals surface area (Å²) in [5, 5.41) is 3.37. The third-order valence-electron chi connectivity index (χ3n) is 6.05. The van der Waals surface area contributed by atoms with Crippen molar-refractivity contribution >= 4 is 33.3 Å². The van der Waals surface area contributed by atoms with Gasteiger partial charge in [0.15, 0.2) is 11.6 Å². The highest BCUT2D eigenvalue weighted by Crippen LogP contribution is 2.35. The molecule has 0 bridgehead atoms. The quantitative estimate of drug-likeness (QED) is 0.172. The minimum atomic E-state index is -4.41. The van der Waals surface area contributed by atoms with Crippen LogP contribution in [-0.2, 0) is 19.3 Å². The van der Waals surface area contributed by atoms with Crippen molar-refractivity contribution in [3.8, 4) is 0 Å². The summed E-state index contributed by atoms with van der Waals surface area (Å²) in [4.78, 5) is 26.0. The smallest absolute Gasteiger partial charge is 0.217 e. The van der Waals surface area contributed by atoms with Gasteiger partial charge in [0.2, 0.25) is 10.4 Å². The number of anilines is 2. The Balaban J connectivity index is 0.000000481. The summed E-state index contributed by atoms with van der Waals surface area (Å²) >= 11 is 0. The molecule has 2 aromatic carbocycles. The molecule has 2 aromatic rings. The van der Waals surface area contributed by atoms with E-state index in [2.05, 4.69) is 16.5 Å². The minimum Gasteiger partial charge on any atom is -0.726 e. The second-order valence-corrected chi connectivity index (χ2v) is 9.56. The van der Waals surface area contributed by atoms with Crippen molar-refractivity contribution in [1.29, 1.82) is 0 Å². The lowest BCUT2D eigenvalue weighted by molar-refractivity contribution is -0.916. The molecule has 1 aliphatic carbocycles. The molecule has 10 nitrogen and oxygen atoms in total. The van der Waals surface area contributed by atoms with Crippen LogP contribution in [0, 0.1) is 0 Å². The number of quaternary nitrogens is 1. The number of benzene rings is 2. The van der Waals surface area contributed by atoms with Crippen molar-refractivity contribution in [3.05, 3.63) is 58.7 Å². The molecule has 1 saturated heterocycles. The molecule has 3 N–H and O–H groups in total. The van der Waals surface area contributed by atoms with Crippen LogP contribution in [0.1, 0.15) is 38.3 Å². The predicted molar refractivity (Wildman–Crippen MR) is 126 cm³/mol. The van der Waals surface area contributed by atoms with Gasteiger partial charge in [0.25, 0.3) is 0 Å². The number of likely N-dealkylation sites (N-methyl/N-ethyl adjacent to an activating group) is 1. The van der Waals surface area contributed by atoms with Crippen molar-refractivity contribution in [3.63, 3.8) is 0 Å². The number of carbonyl (C=O) groups excluding carboxylic acids is 2. The second-order valence-electron chi connectivity index (χ2n) is 8.41. The third kappa shape index (κ3) is 5.99. The molecule has 4 rings (SSSR count). The van der Waals surface area contributed by atoms with E-state index in [1.54, 1.807) is 36.4 Å². The van der Waals surface area contributed by atoms with Crippen LogP contribution in [0.15, 0.2) is 36.4 Å². The van der Waals surface area contributed by atoms with Crippen molar-refractivity contribution in [2.45, 2.75) is 6.42 Å². The van der Waals surface area contributed by atoms with Gasteiger partial charge in [0.1, 0.15) is 13.1 Å². The second kappa shape index (κ2) is 10.6. The summed E-state index contributed by atoms with van der Waals surface area (Å²) < 4.78 is 37.5. The topological polar surface area (TPSA) is 148 Å². The van der Waals surface area contributed by atoms with Gasteiger partial charge in [-0.2, -0.15) is 0 Å². The molecule has 34 heavy (non-hydrogen) atoms. The Morgan fingerprint density at radius 1 is 1.06 bits per heavy atom. The van der Waals surface area contributed by atoms with Crippen LogP contribution in [0.25, 0.3) is 0 Å². The Bertz CT molecular complexity index is 1180. The zero-order chi connectivity index (χ0) is 24.9. The van der Waals surface area contributed by atoms with Gasteiger partial charge in [0.05, 0.1) is 45.0 Å². The van der Waals surface area contributed by atoms with Crippen molar-refractivity contribution in [2.24, 2.45) is 0 Å². The first-order valence-corrected chi connectivity index (χ1v) is 12.2. The molecule has 2 aliphatic rings. The average molecular weight is 492 g/mol. The molecule has 1 fully saturated rings. The van der Waals surface area contributed by atoms with E-state index in [9.17, 15) is 22.6 Å². The van der Waals surface area contributed by atoms with Gasteiger partial charge in [-0.1, -0.05) is 24.3 Å². The molecule has 0 aromatic heterocycles. The highest BCUT2D eigenvalue weighted by atomic mass is 32.3. The normalized spacial score (nSPS) is 16.7. The molecule has 0 unspecified atom stereocenters. The molecular formula is C23H29N3O7S. The maximum Gasteiger partial charge on any atom is 0.217 e. The fraction of sp³-hybridized carbons (Fsp3) is 0.391. The highest BCUT2D eigenvalue weighted by molar-refractivity contribution is 7.80. The third-order valence-corrected chi connectivity index (χ3v) is 6.46. The number of nitrogens with zero attached hydrogens (tertiary/aromatic N) is 1. The van der Waals surface area contributed by atoms with Gasteiger partial charge in [-0.05, 0) is 12.1 Å². The SMILES string of the molecule is COS(=O)(=O)[O-].C[N+]1(CCCNc2ccc(N)c3c2C(=O)c2ccccc2C3=O)CCOCC1. The van der Waals surface area contributed by atoms with Gasteiger partial charge in [-0.3, -0.25) is 13.8 Å². The zero-order valence-electron chi connectivity index (χ0n) is 19.2. The van der Waals surface area contributed by atoms with E-state index >= 15 is 0 Å². The summed E-state index contributed by atoms with van der Waals surface area (Å²) in [6, 6.07) is 10.4. The highest BCUT2D eigenvalue weighted by Gasteiger charge is 2.33. The molecule has 0 amide bonds. The molecule has 0 radical (unpaired) electrons. The van der Waals surface area contributed by atoms with E-state index in [0.29, 0.717) is 33.6 Å². The molecule has 1 aliphatic heterocycles. The largest absolute Gasteiger partial charge is 0.726 e. The first-order valence-electron chi connectivity index (χ1n) is 10.8. The fourth-order valence-corrected chi connectivity index (χ4v) is 4.09. The number of carbonyl (C=O) groups is 2. The van der Waals surface area contributed by atoms with Crippen LogP contribution in [0.4, 0.5) is 11.4 Å². The summed E-state index contributed by atoms with van der Waals surface area (Å²) in [5.74, 6) is -0.329. The van der Waals surface area contributed by atoms with Crippen LogP contribution < -0.4 is 11.1 Å². The number of ketones is 2. The van der Waals surface area contributed by atoms with Crippen LogP contribution >= 0.6 is 0 Å². The van der Waals surface area contributed by atoms with E-state index < -0.39 is 10.4 Å². The van der Waals surface area contributed by atoms with E-state index in [0.717, 1.165) is 57.4 Å². The van der Waals surface area contributed by atoms with Crippen LogP contribution in [0.2, 0.25) is 0 Å². The lowest BCUT2D eigenvalue weighted by Crippen LogP contribution is -2.52. The Kier molecular flexibility index (Phi) is 8.05. The van der Waals surface area contributed by atoms with Crippen LogP contribution in [0.3, 0.4) is 0 Å². The lowest BCUT2D eigenvalue weighted by Gasteiger charge is -2.37. The molecule has 184 valence electrons. The maximum atomic E-state index is 13.1. The molecule has 0 atom stereocenters. The van der Waals surface area contributed by atoms with Crippen molar-refractivity contribution < 1.29 is 36.0 Å². The summed E-state index contributed by atoms with van der Waals surface area (Å²) in [5.41, 5.74) is 8.69. The monoisotopic (exact) mass is 491 g/mol. The maximum absolute atomic E-state index is 13.1. The minimum absolute atomic E-state index is 0.146. The first-order chi connectivity index (χ1) is 16.1. The molecular weight excluding hydrogens is 462 g/mol. The number of rotatable bonds is 6. The number of nitrogen functional groups attached to an aromatic ring is 1. The van der Waals surface area contributed by atoms with Crippen LogP contribution in [0.5, 0.6) is 0 Å². The summed E-state index contributed by atoms with van der Waals surface area (Å²) in [6.07, 6.45) is 0.967. The Labute approximate surface area is 199 Å². The number of hydrogen-bond acceptors (Lipinski definition) is 9. The van der Waals surface area contributed by atoms with E-state index in [-0.39, 0.29) is 11.6 Å². The number of hydrogen-bond donors (Lipinski definition) is 2. The van der Waals surface area contributed by atoms with Crippen molar-refractivity contribution in [2.75, 3.05) is 64.6 Å². The molecule has 0 saturated carbocycles. The van der Waals surface area contributed by atoms with Gasteiger partial charge in [0, 0.05) is 35.5 Å². The van der Waals surface area contributed by atoms with Gasteiger partial charge < -0.3 is 24.8 Å². The molecule has 1 heterocycles. The fourth-order valence-electron chi connectivity index (χ4n) is 4.09. The Morgan fingerprint density at radius 3 is 2.18 bits per heavy atom. The molecule has 11 heteroatoms. The van der Waals surface area contributed by atoms with Gasteiger partial charge in [-0.15, -0.1) is 0 Å². The Hall–Kier alpha value is -2.83. The Morgan fingerprint density at radius 2 is 1.62 bits per heavy atom.